The minimum Gasteiger partial charge on any atom is -0.382 e. The zero-order chi connectivity index (χ0) is 26.6. The number of rotatable bonds is 6. The van der Waals surface area contributed by atoms with Crippen LogP contribution in [-0.4, -0.2) is 29.3 Å². The largest absolute Gasteiger partial charge is 0.382 e. The standard InChI is InChI=1S/C32H36FN3O2/c1-21-12-16-26(17-13-21)35-31(37)27-10-6-20-36(32(38)29-22(2)7-5-11-28(29)33)30(27)23-14-18-25(19-15-23)34-24-8-3-4-9-24/h5,7,11-19,24,27,30,34H,3-4,6,8-10,20H2,1-2H3,(H,35,37)/t27-,30-/m0/s1. The second-order valence-corrected chi connectivity index (χ2v) is 10.7. The molecule has 2 amide bonds. The van der Waals surface area contributed by atoms with E-state index in [-0.39, 0.29) is 17.4 Å². The molecule has 3 aromatic rings. The normalized spacial score (nSPS) is 19.8. The van der Waals surface area contributed by atoms with Gasteiger partial charge in [-0.3, -0.25) is 9.59 Å². The fourth-order valence-corrected chi connectivity index (χ4v) is 5.91. The van der Waals surface area contributed by atoms with Crippen molar-refractivity contribution < 1.29 is 14.0 Å². The van der Waals surface area contributed by atoms with Crippen molar-refractivity contribution in [2.75, 3.05) is 17.2 Å². The number of nitrogens with zero attached hydrogens (tertiary/aromatic N) is 1. The van der Waals surface area contributed by atoms with Crippen LogP contribution in [0.4, 0.5) is 15.8 Å². The van der Waals surface area contributed by atoms with Gasteiger partial charge >= 0.3 is 0 Å². The summed E-state index contributed by atoms with van der Waals surface area (Å²) in [6, 6.07) is 20.5. The molecule has 0 bridgehead atoms. The van der Waals surface area contributed by atoms with Gasteiger partial charge in [0.2, 0.25) is 5.91 Å². The van der Waals surface area contributed by atoms with Crippen molar-refractivity contribution in [2.45, 2.75) is 64.5 Å². The molecular weight excluding hydrogens is 477 g/mol. The molecule has 2 aliphatic rings. The number of benzene rings is 3. The Hall–Kier alpha value is -3.67. The second-order valence-electron chi connectivity index (χ2n) is 10.7. The molecule has 1 aliphatic heterocycles. The topological polar surface area (TPSA) is 61.4 Å². The van der Waals surface area contributed by atoms with E-state index in [9.17, 15) is 14.0 Å². The van der Waals surface area contributed by atoms with Gasteiger partial charge in [0.05, 0.1) is 17.5 Å². The number of likely N-dealkylation sites (tertiary alicyclic amines) is 1. The first kappa shape index (κ1) is 26.0. The number of halogens is 1. The molecule has 1 aliphatic carbocycles. The lowest BCUT2D eigenvalue weighted by molar-refractivity contribution is -0.123. The molecule has 198 valence electrons. The molecule has 2 N–H and O–H groups in total. The quantitative estimate of drug-likeness (QED) is 0.372. The Morgan fingerprint density at radius 2 is 1.53 bits per heavy atom. The van der Waals surface area contributed by atoms with Crippen molar-refractivity contribution >= 4 is 23.2 Å². The van der Waals surface area contributed by atoms with E-state index in [4.69, 9.17) is 0 Å². The Balaban J connectivity index is 1.47. The molecule has 1 heterocycles. The lowest BCUT2D eigenvalue weighted by atomic mass is 9.83. The first-order chi connectivity index (χ1) is 18.4. The van der Waals surface area contributed by atoms with Gasteiger partial charge in [-0.25, -0.2) is 4.39 Å². The molecule has 0 aromatic heterocycles. The van der Waals surface area contributed by atoms with Crippen LogP contribution in [0.3, 0.4) is 0 Å². The minimum atomic E-state index is -0.531. The highest BCUT2D eigenvalue weighted by Crippen LogP contribution is 2.39. The van der Waals surface area contributed by atoms with Crippen molar-refractivity contribution in [3.63, 3.8) is 0 Å². The van der Waals surface area contributed by atoms with Crippen molar-refractivity contribution in [3.8, 4) is 0 Å². The van der Waals surface area contributed by atoms with Crippen LogP contribution in [0.25, 0.3) is 0 Å². The van der Waals surface area contributed by atoms with Crippen LogP contribution in [0, 0.1) is 25.6 Å². The lowest BCUT2D eigenvalue weighted by Gasteiger charge is -2.41. The van der Waals surface area contributed by atoms with Crippen LogP contribution in [0.2, 0.25) is 0 Å². The van der Waals surface area contributed by atoms with Gasteiger partial charge < -0.3 is 15.5 Å². The fraction of sp³-hybridized carbons (Fsp3) is 0.375. The molecule has 5 nitrogen and oxygen atoms in total. The highest BCUT2D eigenvalue weighted by molar-refractivity contribution is 5.98. The zero-order valence-electron chi connectivity index (χ0n) is 22.2. The second kappa shape index (κ2) is 11.4. The SMILES string of the molecule is Cc1ccc(NC(=O)[C@H]2CCCN(C(=O)c3c(C)cccc3F)[C@H]2c2ccc(NC3CCCC3)cc2)cc1. The highest BCUT2D eigenvalue weighted by Gasteiger charge is 2.40. The van der Waals surface area contributed by atoms with E-state index in [0.29, 0.717) is 31.0 Å². The molecular formula is C32H36FN3O2. The van der Waals surface area contributed by atoms with Crippen molar-refractivity contribution in [3.05, 3.63) is 94.8 Å². The summed E-state index contributed by atoms with van der Waals surface area (Å²) in [5.41, 5.74) is 4.44. The summed E-state index contributed by atoms with van der Waals surface area (Å²) < 4.78 is 14.9. The third-order valence-electron chi connectivity index (χ3n) is 7.96. The summed E-state index contributed by atoms with van der Waals surface area (Å²) >= 11 is 0. The van der Waals surface area contributed by atoms with Crippen LogP contribution in [0.1, 0.15) is 71.6 Å². The van der Waals surface area contributed by atoms with Gasteiger partial charge in [0.25, 0.3) is 5.91 Å². The third kappa shape index (κ3) is 5.59. The summed E-state index contributed by atoms with van der Waals surface area (Å²) in [6.45, 7) is 4.22. The molecule has 0 radical (unpaired) electrons. The van der Waals surface area contributed by atoms with Crippen LogP contribution in [0.15, 0.2) is 66.7 Å². The number of piperidine rings is 1. The monoisotopic (exact) mass is 513 g/mol. The van der Waals surface area contributed by atoms with E-state index in [0.717, 1.165) is 22.5 Å². The third-order valence-corrected chi connectivity index (χ3v) is 7.96. The molecule has 3 aromatic carbocycles. The van der Waals surface area contributed by atoms with Crippen molar-refractivity contribution in [1.82, 2.24) is 4.90 Å². The lowest BCUT2D eigenvalue weighted by Crippen LogP contribution is -2.46. The zero-order valence-corrected chi connectivity index (χ0v) is 22.2. The Kier molecular flexibility index (Phi) is 7.77. The van der Waals surface area contributed by atoms with Gasteiger partial charge in [0.1, 0.15) is 5.82 Å². The number of amides is 2. The Bertz CT molecular complexity index is 1260. The van der Waals surface area contributed by atoms with Gasteiger partial charge in [-0.1, -0.05) is 54.8 Å². The molecule has 1 saturated heterocycles. The number of nitrogens with one attached hydrogen (secondary N) is 2. The maximum atomic E-state index is 14.9. The fourth-order valence-electron chi connectivity index (χ4n) is 5.91. The van der Waals surface area contributed by atoms with Crippen LogP contribution < -0.4 is 10.6 Å². The molecule has 2 fully saturated rings. The molecule has 0 unspecified atom stereocenters. The number of hydrogen-bond acceptors (Lipinski definition) is 3. The van der Waals surface area contributed by atoms with E-state index in [1.54, 1.807) is 24.0 Å². The van der Waals surface area contributed by atoms with E-state index in [1.165, 1.54) is 31.7 Å². The molecule has 1 saturated carbocycles. The Morgan fingerprint density at radius 1 is 0.842 bits per heavy atom. The first-order valence-electron chi connectivity index (χ1n) is 13.7. The van der Waals surface area contributed by atoms with Gasteiger partial charge in [-0.2, -0.15) is 0 Å². The van der Waals surface area contributed by atoms with E-state index in [2.05, 4.69) is 10.6 Å². The molecule has 2 atom stereocenters. The number of carbonyl (C=O) groups is 2. The summed E-state index contributed by atoms with van der Waals surface area (Å²) in [5.74, 6) is -1.49. The number of aryl methyl sites for hydroxylation is 2. The summed E-state index contributed by atoms with van der Waals surface area (Å²) in [4.78, 5) is 29.2. The highest BCUT2D eigenvalue weighted by atomic mass is 19.1. The van der Waals surface area contributed by atoms with Gasteiger partial charge in [0.15, 0.2) is 0 Å². The van der Waals surface area contributed by atoms with Crippen LogP contribution in [-0.2, 0) is 4.79 Å². The minimum absolute atomic E-state index is 0.0802. The molecule has 6 heteroatoms. The van der Waals surface area contributed by atoms with Crippen LogP contribution >= 0.6 is 0 Å². The number of hydrogen-bond donors (Lipinski definition) is 2. The summed E-state index contributed by atoms with van der Waals surface area (Å²) in [7, 11) is 0. The number of carbonyl (C=O) groups excluding carboxylic acids is 2. The van der Waals surface area contributed by atoms with Gasteiger partial charge in [-0.15, -0.1) is 0 Å². The first-order valence-corrected chi connectivity index (χ1v) is 13.7. The van der Waals surface area contributed by atoms with Crippen molar-refractivity contribution in [1.29, 1.82) is 0 Å². The maximum Gasteiger partial charge on any atom is 0.257 e. The van der Waals surface area contributed by atoms with Crippen molar-refractivity contribution in [2.24, 2.45) is 5.92 Å². The maximum absolute atomic E-state index is 14.9. The Morgan fingerprint density at radius 3 is 2.21 bits per heavy atom. The predicted octanol–water partition coefficient (Wildman–Crippen LogP) is 7.03. The number of anilines is 2. The molecule has 38 heavy (non-hydrogen) atoms. The van der Waals surface area contributed by atoms with Gasteiger partial charge in [-0.05, 0) is 81.0 Å². The average molecular weight is 514 g/mol. The molecule has 5 rings (SSSR count). The van der Waals surface area contributed by atoms with E-state index >= 15 is 0 Å². The average Bonchev–Trinajstić information content (AvgIpc) is 3.43. The van der Waals surface area contributed by atoms with E-state index in [1.807, 2.05) is 55.5 Å². The van der Waals surface area contributed by atoms with Crippen LogP contribution in [0.5, 0.6) is 0 Å². The Labute approximate surface area is 224 Å². The summed E-state index contributed by atoms with van der Waals surface area (Å²) in [6.07, 6.45) is 6.17. The van der Waals surface area contributed by atoms with E-state index < -0.39 is 17.8 Å². The molecule has 0 spiro atoms. The summed E-state index contributed by atoms with van der Waals surface area (Å²) in [5, 5.41) is 6.66. The van der Waals surface area contributed by atoms with Gasteiger partial charge in [0, 0.05) is 24.0 Å². The smallest absolute Gasteiger partial charge is 0.257 e. The predicted molar refractivity (Wildman–Crippen MR) is 150 cm³/mol.